The van der Waals surface area contributed by atoms with Gasteiger partial charge in [-0.25, -0.2) is 4.79 Å². The van der Waals surface area contributed by atoms with Gasteiger partial charge in [-0.05, 0) is 58.6 Å². The van der Waals surface area contributed by atoms with E-state index < -0.39 is 17.8 Å². The van der Waals surface area contributed by atoms with E-state index in [1.165, 1.54) is 0 Å². The number of halogens is 1. The van der Waals surface area contributed by atoms with Gasteiger partial charge in [0.1, 0.15) is 5.60 Å². The third kappa shape index (κ3) is 7.20. The predicted octanol–water partition coefficient (Wildman–Crippen LogP) is 4.76. The molecule has 1 aromatic heterocycles. The Bertz CT molecular complexity index is 1170. The molecule has 4 rings (SSSR count). The lowest BCUT2D eigenvalue weighted by molar-refractivity contribution is -0.150. The molecular weight excluding hydrogens is 510 g/mol. The molecule has 38 heavy (non-hydrogen) atoms. The predicted molar refractivity (Wildman–Crippen MR) is 144 cm³/mol. The van der Waals surface area contributed by atoms with Crippen LogP contribution in [-0.4, -0.2) is 76.4 Å². The molecular formula is C28H38ClN3O6. The smallest absolute Gasteiger partial charge is 0.410 e. The van der Waals surface area contributed by atoms with Crippen LogP contribution in [0.5, 0.6) is 0 Å². The van der Waals surface area contributed by atoms with Crippen molar-refractivity contribution in [2.24, 2.45) is 0 Å². The van der Waals surface area contributed by atoms with E-state index in [9.17, 15) is 14.4 Å². The topological polar surface area (TPSA) is 90.3 Å². The van der Waals surface area contributed by atoms with E-state index in [1.807, 2.05) is 48.6 Å². The number of carbonyl (C=O) groups is 3. The second-order valence-corrected chi connectivity index (χ2v) is 11.3. The molecule has 2 heterocycles. The minimum Gasteiger partial charge on any atom is -0.466 e. The molecule has 0 spiro atoms. The number of benzene rings is 1. The summed E-state index contributed by atoms with van der Waals surface area (Å²) in [5.74, 6) is -0.312. The van der Waals surface area contributed by atoms with Crippen LogP contribution in [0.25, 0.3) is 10.9 Å². The van der Waals surface area contributed by atoms with Gasteiger partial charge in [-0.1, -0.05) is 23.7 Å². The van der Waals surface area contributed by atoms with Crippen LogP contribution in [0, 0.1) is 0 Å². The van der Waals surface area contributed by atoms with Crippen molar-refractivity contribution in [3.05, 3.63) is 35.0 Å². The zero-order chi connectivity index (χ0) is 27.4. The van der Waals surface area contributed by atoms with E-state index in [0.717, 1.165) is 29.3 Å². The third-order valence-corrected chi connectivity index (χ3v) is 6.90. The highest BCUT2D eigenvalue weighted by Crippen LogP contribution is 2.32. The average molecular weight is 548 g/mol. The molecule has 1 unspecified atom stereocenters. The first-order chi connectivity index (χ1) is 18.1. The summed E-state index contributed by atoms with van der Waals surface area (Å²) in [6.45, 7) is 9.58. The Balaban J connectivity index is 1.45. The molecule has 1 saturated carbocycles. The number of aromatic nitrogens is 1. The maximum atomic E-state index is 13.6. The van der Waals surface area contributed by atoms with Crippen LogP contribution in [-0.2, 0) is 36.9 Å². The van der Waals surface area contributed by atoms with E-state index in [2.05, 4.69) is 6.07 Å². The summed E-state index contributed by atoms with van der Waals surface area (Å²) in [5.41, 5.74) is 1.34. The third-order valence-electron chi connectivity index (χ3n) is 6.60. The molecule has 1 aromatic carbocycles. The lowest BCUT2D eigenvalue weighted by Gasteiger charge is -2.36. The number of rotatable bonds is 9. The van der Waals surface area contributed by atoms with Gasteiger partial charge in [-0.15, -0.1) is 0 Å². The fourth-order valence-electron chi connectivity index (χ4n) is 4.65. The van der Waals surface area contributed by atoms with Crippen molar-refractivity contribution in [1.82, 2.24) is 14.4 Å². The van der Waals surface area contributed by atoms with Crippen molar-refractivity contribution in [2.45, 2.75) is 84.2 Å². The summed E-state index contributed by atoms with van der Waals surface area (Å²) < 4.78 is 18.4. The van der Waals surface area contributed by atoms with Crippen LogP contribution in [0.1, 0.15) is 58.9 Å². The minimum atomic E-state index is -0.721. The Labute approximate surface area is 228 Å². The van der Waals surface area contributed by atoms with Crippen molar-refractivity contribution in [3.63, 3.8) is 0 Å². The van der Waals surface area contributed by atoms with Gasteiger partial charge in [-0.2, -0.15) is 0 Å². The first-order valence-electron chi connectivity index (χ1n) is 13.4. The molecule has 9 nitrogen and oxygen atoms in total. The highest BCUT2D eigenvalue weighted by atomic mass is 35.5. The standard InChI is InChI=1S/C28H38ClN3O6/c1-5-36-25(33)7-6-12-30-17-22(29)21-11-8-19(15-23(21)30)16-32(20-9-10-20)26(34)24-18-31(13-14-37-24)27(35)38-28(2,3)4/h8,11,15,17,20,24H,5-7,9-10,12-14,16,18H2,1-4H3. The molecule has 2 aliphatic rings. The maximum Gasteiger partial charge on any atom is 0.410 e. The van der Waals surface area contributed by atoms with E-state index in [-0.39, 0.29) is 31.1 Å². The second-order valence-electron chi connectivity index (χ2n) is 10.9. The molecule has 2 amide bonds. The number of aryl methyl sites for hydroxylation is 1. The van der Waals surface area contributed by atoms with Gasteiger partial charge in [0, 0.05) is 49.2 Å². The first kappa shape index (κ1) is 28.2. The molecule has 0 N–H and O–H groups in total. The summed E-state index contributed by atoms with van der Waals surface area (Å²) >= 11 is 6.48. The largest absolute Gasteiger partial charge is 0.466 e. The normalized spacial score (nSPS) is 17.9. The number of amides is 2. The van der Waals surface area contributed by atoms with Crippen molar-refractivity contribution >= 4 is 40.5 Å². The molecule has 2 aromatic rings. The van der Waals surface area contributed by atoms with Crippen LogP contribution in [0.3, 0.4) is 0 Å². The molecule has 1 aliphatic carbocycles. The molecule has 1 aliphatic heterocycles. The molecule has 0 bridgehead atoms. The summed E-state index contributed by atoms with van der Waals surface area (Å²) in [6, 6.07) is 6.20. The molecule has 10 heteroatoms. The number of morpholine rings is 1. The molecule has 1 atom stereocenters. The fourth-order valence-corrected chi connectivity index (χ4v) is 4.93. The van der Waals surface area contributed by atoms with Crippen molar-refractivity contribution in [2.75, 3.05) is 26.3 Å². The number of carbonyl (C=O) groups excluding carboxylic acids is 3. The zero-order valence-electron chi connectivity index (χ0n) is 22.7. The van der Waals surface area contributed by atoms with Crippen LogP contribution < -0.4 is 0 Å². The highest BCUT2D eigenvalue weighted by molar-refractivity contribution is 6.35. The van der Waals surface area contributed by atoms with Crippen LogP contribution >= 0.6 is 11.6 Å². The van der Waals surface area contributed by atoms with Gasteiger partial charge in [0.05, 0.1) is 24.8 Å². The Morgan fingerprint density at radius 1 is 1.21 bits per heavy atom. The van der Waals surface area contributed by atoms with Gasteiger partial charge in [0.2, 0.25) is 0 Å². The maximum absolute atomic E-state index is 13.6. The molecule has 208 valence electrons. The lowest BCUT2D eigenvalue weighted by atomic mass is 10.1. The Hall–Kier alpha value is -2.78. The van der Waals surface area contributed by atoms with Gasteiger partial charge in [0.15, 0.2) is 6.10 Å². The minimum absolute atomic E-state index is 0.108. The van der Waals surface area contributed by atoms with Gasteiger partial charge >= 0.3 is 12.1 Å². The van der Waals surface area contributed by atoms with E-state index >= 15 is 0 Å². The van der Waals surface area contributed by atoms with Gasteiger partial charge < -0.3 is 28.6 Å². The van der Waals surface area contributed by atoms with E-state index in [0.29, 0.717) is 44.1 Å². The number of esters is 1. The van der Waals surface area contributed by atoms with Crippen LogP contribution in [0.2, 0.25) is 5.02 Å². The first-order valence-corrected chi connectivity index (χ1v) is 13.8. The number of fused-ring (bicyclic) bond motifs is 1. The molecule has 1 saturated heterocycles. The Morgan fingerprint density at radius 2 is 1.97 bits per heavy atom. The SMILES string of the molecule is CCOC(=O)CCCn1cc(Cl)c2ccc(CN(C(=O)C3CN(C(=O)OC(C)(C)C)CCO3)C3CC3)cc21. The van der Waals surface area contributed by atoms with Gasteiger partial charge in [-0.3, -0.25) is 9.59 Å². The number of ether oxygens (including phenoxy) is 3. The number of hydrogen-bond acceptors (Lipinski definition) is 6. The van der Waals surface area contributed by atoms with Gasteiger partial charge in [0.25, 0.3) is 5.91 Å². The molecule has 0 radical (unpaired) electrons. The second kappa shape index (κ2) is 11.9. The number of hydrogen-bond donors (Lipinski definition) is 0. The summed E-state index contributed by atoms with van der Waals surface area (Å²) in [4.78, 5) is 41.3. The Morgan fingerprint density at radius 3 is 2.66 bits per heavy atom. The zero-order valence-corrected chi connectivity index (χ0v) is 23.5. The number of nitrogens with zero attached hydrogens (tertiary/aromatic N) is 3. The highest BCUT2D eigenvalue weighted by Gasteiger charge is 2.39. The van der Waals surface area contributed by atoms with Crippen molar-refractivity contribution in [1.29, 1.82) is 0 Å². The Kier molecular flexibility index (Phi) is 8.88. The van der Waals surface area contributed by atoms with E-state index in [4.69, 9.17) is 25.8 Å². The quantitative estimate of drug-likeness (QED) is 0.420. The summed E-state index contributed by atoms with van der Waals surface area (Å²) in [7, 11) is 0. The monoisotopic (exact) mass is 547 g/mol. The fraction of sp³-hybridized carbons (Fsp3) is 0.607. The van der Waals surface area contributed by atoms with Crippen molar-refractivity contribution < 1.29 is 28.6 Å². The van der Waals surface area contributed by atoms with E-state index in [1.54, 1.807) is 11.8 Å². The van der Waals surface area contributed by atoms with Crippen LogP contribution in [0.15, 0.2) is 24.4 Å². The lowest BCUT2D eigenvalue weighted by Crippen LogP contribution is -2.53. The summed E-state index contributed by atoms with van der Waals surface area (Å²) in [5, 5.41) is 1.58. The van der Waals surface area contributed by atoms with Crippen LogP contribution in [0.4, 0.5) is 4.79 Å². The molecule has 2 fully saturated rings. The van der Waals surface area contributed by atoms with Crippen molar-refractivity contribution in [3.8, 4) is 0 Å². The average Bonchev–Trinajstić information content (AvgIpc) is 3.66. The summed E-state index contributed by atoms with van der Waals surface area (Å²) in [6.07, 6.45) is 3.62.